The molecule has 18 heavy (non-hydrogen) atoms. The largest absolute Gasteiger partial charge is 1.00 e. The van der Waals surface area contributed by atoms with Crippen LogP contribution in [0.3, 0.4) is 0 Å². The van der Waals surface area contributed by atoms with E-state index >= 15 is 0 Å². The minimum absolute atomic E-state index is 0. The molecule has 0 bridgehead atoms. The summed E-state index contributed by atoms with van der Waals surface area (Å²) in [6.07, 6.45) is 1.29. The van der Waals surface area contributed by atoms with Crippen LogP contribution in [0.4, 0.5) is 8.78 Å². The number of Topliss-reactive ketones (excluding diaryl/α,β-unsaturated/α-hetero) is 1. The van der Waals surface area contributed by atoms with E-state index in [2.05, 4.69) is 28.3 Å². The number of carboxylic acids is 1. The van der Waals surface area contributed by atoms with Crippen molar-refractivity contribution in [1.82, 2.24) is 0 Å². The van der Waals surface area contributed by atoms with E-state index in [-0.39, 0.29) is 53.7 Å². The first-order valence-corrected chi connectivity index (χ1v) is 8.28. The van der Waals surface area contributed by atoms with E-state index in [1.54, 1.807) is 0 Å². The molecule has 2 fully saturated rings. The van der Waals surface area contributed by atoms with Gasteiger partial charge in [-0.25, -0.2) is 13.6 Å². The molecule has 0 saturated heterocycles. The number of hydrogen-bond acceptors (Lipinski definition) is 3. The van der Waals surface area contributed by atoms with Crippen molar-refractivity contribution < 1.29 is 58.5 Å². The van der Waals surface area contributed by atoms with Crippen molar-refractivity contribution in [3.05, 3.63) is 0 Å². The summed E-state index contributed by atoms with van der Waals surface area (Å²) in [5.41, 5.74) is -3.22. The maximum Gasteiger partial charge on any atom is 1.00 e. The maximum atomic E-state index is 12.3. The molecule has 4 nitrogen and oxygen atoms in total. The Morgan fingerprint density at radius 2 is 1.33 bits per heavy atom. The van der Waals surface area contributed by atoms with Crippen molar-refractivity contribution in [2.24, 2.45) is 0 Å². The topological polar surface area (TPSA) is 84.4 Å². The van der Waals surface area contributed by atoms with Crippen molar-refractivity contribution in [3.8, 4) is 0 Å². The molecule has 9 heteroatoms. The van der Waals surface area contributed by atoms with E-state index in [0.717, 1.165) is 0 Å². The van der Waals surface area contributed by atoms with Crippen LogP contribution < -0.4 is 29.6 Å². The average molecular weight is 406 g/mol. The number of carbonyl (C=O) groups is 2. The van der Waals surface area contributed by atoms with Gasteiger partial charge in [-0.1, -0.05) is 0 Å². The third-order valence-corrected chi connectivity index (χ3v) is 2.39. The van der Waals surface area contributed by atoms with Gasteiger partial charge in [-0.15, -0.1) is 0 Å². The fourth-order valence-corrected chi connectivity index (χ4v) is 0.785. The van der Waals surface area contributed by atoms with E-state index in [1.165, 1.54) is 6.92 Å². The zero-order valence-corrected chi connectivity index (χ0v) is 15.2. The molecule has 0 aliphatic heterocycles. The van der Waals surface area contributed by atoms with Crippen molar-refractivity contribution in [3.63, 3.8) is 0 Å². The molecule has 0 atom stereocenters. The van der Waals surface area contributed by atoms with Gasteiger partial charge in [0.2, 0.25) is 5.67 Å². The molecule has 0 unspecified atom stereocenters. The second-order valence-corrected chi connectivity index (χ2v) is 3.79. The Kier molecular flexibility index (Phi) is 13.0. The Hall–Kier alpha value is 0.920. The predicted octanol–water partition coefficient (Wildman–Crippen LogP) is 0.169. The van der Waals surface area contributed by atoms with Crippen LogP contribution in [0, 0.1) is 0 Å². The van der Waals surface area contributed by atoms with Crippen molar-refractivity contribution in [1.29, 1.82) is 0 Å². The molecule has 0 aromatic rings. The minimum Gasteiger partial charge on any atom is -0.870 e. The van der Waals surface area contributed by atoms with Crippen LogP contribution in [-0.4, -0.2) is 33.7 Å². The van der Waals surface area contributed by atoms with Gasteiger partial charge in [0, 0.05) is 28.3 Å². The number of carboxylic acid groups (broad SMARTS) is 1. The van der Waals surface area contributed by atoms with E-state index in [9.17, 15) is 18.4 Å². The van der Waals surface area contributed by atoms with Gasteiger partial charge in [0.05, 0.1) is 0 Å². The summed E-state index contributed by atoms with van der Waals surface area (Å²) in [6, 6.07) is 0. The van der Waals surface area contributed by atoms with Crippen molar-refractivity contribution >= 4 is 40.0 Å². The molecule has 0 spiro atoms. The predicted molar refractivity (Wildman–Crippen MR) is 64.3 cm³/mol. The molecule has 0 heterocycles. The Morgan fingerprint density at radius 3 is 1.33 bits per heavy atom. The third-order valence-electron chi connectivity index (χ3n) is 2.39. The van der Waals surface area contributed by atoms with E-state index in [4.69, 9.17) is 5.11 Å². The van der Waals surface area contributed by atoms with Crippen LogP contribution in [0.5, 0.6) is 0 Å². The first-order chi connectivity index (χ1) is 7.30. The van der Waals surface area contributed by atoms with Crippen molar-refractivity contribution in [2.75, 3.05) is 0 Å². The minimum atomic E-state index is -1.83. The molecule has 0 aromatic carbocycles. The zero-order chi connectivity index (χ0) is 13.0. The first kappa shape index (κ1) is 24.0. The molecular weight excluding hydrogens is 393 g/mol. The number of hydrogen-bond donors (Lipinski definition) is 1. The summed E-state index contributed by atoms with van der Waals surface area (Å²) in [6.45, 7) is 1.30. The fraction of sp³-hybridized carbons (Fsp3) is 0.778. The average Bonchev–Trinajstić information content (AvgIpc) is 3.11. The van der Waals surface area contributed by atoms with Crippen molar-refractivity contribution in [2.45, 2.75) is 43.9 Å². The molecule has 0 amide bonds. The molecule has 2 N–H and O–H groups in total. The third kappa shape index (κ3) is 8.16. The summed E-state index contributed by atoms with van der Waals surface area (Å²) >= 11 is 5.50. The zero-order valence-electron chi connectivity index (χ0n) is 10.1. The van der Waals surface area contributed by atoms with Gasteiger partial charge in [0.25, 0.3) is 0 Å². The summed E-state index contributed by atoms with van der Waals surface area (Å²) in [5.74, 6) is -1.62. The van der Waals surface area contributed by atoms with Gasteiger partial charge in [0.1, 0.15) is 0 Å². The number of ketones is 1. The number of carbonyl (C=O) groups excluding carboxylic acids is 1. The number of aliphatic carboxylic acids is 1. The Balaban J connectivity index is -0.000000200. The number of halogens is 4. The summed E-state index contributed by atoms with van der Waals surface area (Å²) in [7, 11) is 0. The monoisotopic (exact) mass is 404 g/mol. The van der Waals surface area contributed by atoms with Gasteiger partial charge in [-0.3, -0.25) is 4.79 Å². The van der Waals surface area contributed by atoms with Crippen LogP contribution in [0.15, 0.2) is 0 Å². The summed E-state index contributed by atoms with van der Waals surface area (Å²) < 4.78 is 24.3. The molecular formula is C9H13Br2F2NaO4. The molecule has 2 saturated carbocycles. The van der Waals surface area contributed by atoms with Gasteiger partial charge >= 0.3 is 35.5 Å². The van der Waals surface area contributed by atoms with Gasteiger partial charge in [-0.2, -0.15) is 0 Å². The summed E-state index contributed by atoms with van der Waals surface area (Å²) in [5, 5.41) is 7.94. The fourth-order valence-electron chi connectivity index (χ4n) is 0.785. The SMILES string of the molecule is BrBr.CC(=O)C1(F)CC1.O=C(O)C1(F)CC1.[Na+].[OH-]. The molecule has 2 aliphatic carbocycles. The molecule has 0 radical (unpaired) electrons. The van der Waals surface area contributed by atoms with Crippen LogP contribution >= 0.6 is 28.3 Å². The Morgan fingerprint density at radius 1 is 1.06 bits per heavy atom. The Bertz CT molecular complexity index is 256. The smallest absolute Gasteiger partial charge is 0.870 e. The quantitative estimate of drug-likeness (QED) is 0.663. The van der Waals surface area contributed by atoms with Crippen LogP contribution in [0.25, 0.3) is 0 Å². The van der Waals surface area contributed by atoms with Gasteiger partial charge in [0.15, 0.2) is 11.5 Å². The van der Waals surface area contributed by atoms with Crippen LogP contribution in [-0.2, 0) is 9.59 Å². The first-order valence-electron chi connectivity index (χ1n) is 4.57. The van der Waals surface area contributed by atoms with E-state index < -0.39 is 17.3 Å². The standard InChI is InChI=1S/C5H7FO.C4H5FO2.Br2.Na.H2O/c1-4(7)5(6)2-3-5;5-4(1-2-4)3(6)7;1-2;;/h2-3H2,1H3;1-2H2,(H,6,7);;;1H2/q;;;+1;/p-1. The van der Waals surface area contributed by atoms with Crippen LogP contribution in [0.1, 0.15) is 32.6 Å². The van der Waals surface area contributed by atoms with E-state index in [0.29, 0.717) is 12.8 Å². The van der Waals surface area contributed by atoms with Crippen LogP contribution in [0.2, 0.25) is 0 Å². The Labute approximate surface area is 141 Å². The van der Waals surface area contributed by atoms with E-state index in [1.807, 2.05) is 0 Å². The molecule has 102 valence electrons. The van der Waals surface area contributed by atoms with Gasteiger partial charge < -0.3 is 10.6 Å². The number of alkyl halides is 2. The maximum absolute atomic E-state index is 12.3. The molecule has 0 aromatic heterocycles. The molecule has 2 rings (SSSR count). The second kappa shape index (κ2) is 9.77. The normalized spacial score (nSPS) is 19.2. The second-order valence-electron chi connectivity index (χ2n) is 3.79. The summed E-state index contributed by atoms with van der Waals surface area (Å²) in [4.78, 5) is 19.9. The number of rotatable bonds is 2. The molecule has 2 aliphatic rings. The van der Waals surface area contributed by atoms with Gasteiger partial charge in [-0.05, 0) is 32.6 Å².